The van der Waals surface area contributed by atoms with Crippen LogP contribution in [0.4, 0.5) is 10.1 Å². The number of benzene rings is 2. The van der Waals surface area contributed by atoms with Crippen molar-refractivity contribution in [1.29, 1.82) is 0 Å². The first-order valence-corrected chi connectivity index (χ1v) is 12.4. The lowest BCUT2D eigenvalue weighted by atomic mass is 9.95. The van der Waals surface area contributed by atoms with Gasteiger partial charge in [-0.2, -0.15) is 0 Å². The number of nitrogens with zero attached hydrogens (tertiary/aromatic N) is 2. The maximum Gasteiger partial charge on any atom is 0.264 e. The minimum atomic E-state index is -1.01. The van der Waals surface area contributed by atoms with E-state index >= 15 is 0 Å². The molecule has 2 N–H and O–H groups in total. The van der Waals surface area contributed by atoms with Crippen LogP contribution in [0.25, 0.3) is 0 Å². The second-order valence-electron chi connectivity index (χ2n) is 9.70. The van der Waals surface area contributed by atoms with Crippen LogP contribution in [0, 0.1) is 18.7 Å². The molecule has 37 heavy (non-hydrogen) atoms. The standard InChI is InChI=1S/C27H27FN4O5/c1-15-17(4-2-6-19(15)28)24(34)29-14-16-10-12-31(13-11-16)20-7-3-5-18-23(20)27(37)32(26(18)36)21-8-9-22(33)30-25(21)35/h2-7,16,21H,8-14H2,1H3,(H,29,34)(H,30,33,35). The molecule has 0 bridgehead atoms. The van der Waals surface area contributed by atoms with E-state index in [0.717, 1.165) is 17.7 Å². The van der Waals surface area contributed by atoms with Gasteiger partial charge in [0.15, 0.2) is 0 Å². The van der Waals surface area contributed by atoms with Gasteiger partial charge in [0.25, 0.3) is 17.7 Å². The van der Waals surface area contributed by atoms with E-state index in [9.17, 15) is 28.4 Å². The van der Waals surface area contributed by atoms with E-state index in [0.29, 0.717) is 36.4 Å². The van der Waals surface area contributed by atoms with Crippen LogP contribution in [0.2, 0.25) is 0 Å². The summed E-state index contributed by atoms with van der Waals surface area (Å²) >= 11 is 0. The first-order valence-electron chi connectivity index (χ1n) is 12.4. The Labute approximate surface area is 213 Å². The van der Waals surface area contributed by atoms with E-state index in [1.807, 2.05) is 4.90 Å². The summed E-state index contributed by atoms with van der Waals surface area (Å²) in [6.45, 7) is 3.27. The number of fused-ring (bicyclic) bond motifs is 1. The van der Waals surface area contributed by atoms with Gasteiger partial charge in [0.1, 0.15) is 11.9 Å². The molecule has 5 amide bonds. The van der Waals surface area contributed by atoms with E-state index in [1.54, 1.807) is 31.2 Å². The van der Waals surface area contributed by atoms with Gasteiger partial charge in [-0.1, -0.05) is 12.1 Å². The highest BCUT2D eigenvalue weighted by molar-refractivity contribution is 6.25. The number of halogens is 1. The number of imide groups is 2. The summed E-state index contributed by atoms with van der Waals surface area (Å²) in [6.07, 6.45) is 1.69. The number of anilines is 1. The van der Waals surface area contributed by atoms with Crippen molar-refractivity contribution in [1.82, 2.24) is 15.5 Å². The number of amides is 5. The fourth-order valence-corrected chi connectivity index (χ4v) is 5.32. The van der Waals surface area contributed by atoms with Crippen molar-refractivity contribution in [2.75, 3.05) is 24.5 Å². The quantitative estimate of drug-likeness (QED) is 0.601. The van der Waals surface area contributed by atoms with Gasteiger partial charge < -0.3 is 10.2 Å². The van der Waals surface area contributed by atoms with Crippen LogP contribution in [0.5, 0.6) is 0 Å². The Balaban J connectivity index is 1.24. The number of nitrogens with one attached hydrogen (secondary N) is 2. The molecule has 2 aromatic rings. The van der Waals surface area contributed by atoms with Crippen LogP contribution in [-0.4, -0.2) is 60.1 Å². The van der Waals surface area contributed by atoms with Crippen LogP contribution in [0.1, 0.15) is 62.3 Å². The molecule has 10 heteroatoms. The molecule has 0 aromatic heterocycles. The highest BCUT2D eigenvalue weighted by atomic mass is 19.1. The maximum absolute atomic E-state index is 13.8. The van der Waals surface area contributed by atoms with Crippen molar-refractivity contribution >= 4 is 35.2 Å². The Morgan fingerprint density at radius 3 is 2.49 bits per heavy atom. The molecule has 9 nitrogen and oxygen atoms in total. The Morgan fingerprint density at radius 1 is 1.03 bits per heavy atom. The second-order valence-corrected chi connectivity index (χ2v) is 9.70. The Morgan fingerprint density at radius 2 is 1.76 bits per heavy atom. The molecular formula is C27H27FN4O5. The molecule has 0 spiro atoms. The summed E-state index contributed by atoms with van der Waals surface area (Å²) in [5.74, 6) is -2.61. The van der Waals surface area contributed by atoms with Gasteiger partial charge in [-0.05, 0) is 61.9 Å². The Bertz CT molecular complexity index is 1320. The summed E-state index contributed by atoms with van der Waals surface area (Å²) in [7, 11) is 0. The van der Waals surface area contributed by atoms with Gasteiger partial charge >= 0.3 is 0 Å². The van der Waals surface area contributed by atoms with E-state index in [-0.39, 0.29) is 35.8 Å². The molecule has 0 saturated carbocycles. The van der Waals surface area contributed by atoms with Crippen molar-refractivity contribution in [3.63, 3.8) is 0 Å². The molecule has 2 aromatic carbocycles. The fourth-order valence-electron chi connectivity index (χ4n) is 5.32. The van der Waals surface area contributed by atoms with Gasteiger partial charge in [-0.15, -0.1) is 0 Å². The minimum absolute atomic E-state index is 0.0690. The largest absolute Gasteiger partial charge is 0.371 e. The zero-order valence-electron chi connectivity index (χ0n) is 20.4. The van der Waals surface area contributed by atoms with Crippen LogP contribution < -0.4 is 15.5 Å². The minimum Gasteiger partial charge on any atom is -0.371 e. The van der Waals surface area contributed by atoms with E-state index in [2.05, 4.69) is 10.6 Å². The molecule has 2 fully saturated rings. The smallest absolute Gasteiger partial charge is 0.264 e. The molecule has 0 radical (unpaired) electrons. The van der Waals surface area contributed by atoms with Crippen LogP contribution >= 0.6 is 0 Å². The lowest BCUT2D eigenvalue weighted by Gasteiger charge is -2.34. The summed E-state index contributed by atoms with van der Waals surface area (Å²) in [6, 6.07) is 8.54. The molecule has 0 aliphatic carbocycles. The van der Waals surface area contributed by atoms with Crippen LogP contribution in [0.15, 0.2) is 36.4 Å². The SMILES string of the molecule is Cc1c(F)cccc1C(=O)NCC1CCN(c2cccc3c2C(=O)N(C2CCC(=O)NC2=O)C3=O)CC1. The molecular weight excluding hydrogens is 479 g/mol. The van der Waals surface area contributed by atoms with Gasteiger partial charge in [0.2, 0.25) is 11.8 Å². The van der Waals surface area contributed by atoms with E-state index in [4.69, 9.17) is 0 Å². The number of hydrogen-bond donors (Lipinski definition) is 2. The maximum atomic E-state index is 13.8. The fraction of sp³-hybridized carbons (Fsp3) is 0.370. The van der Waals surface area contributed by atoms with Crippen molar-refractivity contribution in [2.45, 2.75) is 38.6 Å². The Kier molecular flexibility index (Phi) is 6.49. The van der Waals surface area contributed by atoms with Crippen molar-refractivity contribution in [2.24, 2.45) is 5.92 Å². The van der Waals surface area contributed by atoms with Crippen molar-refractivity contribution < 1.29 is 28.4 Å². The summed E-state index contributed by atoms with van der Waals surface area (Å²) in [5, 5.41) is 5.11. The first-order chi connectivity index (χ1) is 17.8. The van der Waals surface area contributed by atoms with Gasteiger partial charge in [0.05, 0.1) is 16.8 Å². The highest BCUT2D eigenvalue weighted by Crippen LogP contribution is 2.35. The summed E-state index contributed by atoms with van der Waals surface area (Å²) in [5.41, 5.74) is 1.82. The average molecular weight is 507 g/mol. The lowest BCUT2D eigenvalue weighted by molar-refractivity contribution is -0.136. The van der Waals surface area contributed by atoms with Crippen molar-refractivity contribution in [3.8, 4) is 0 Å². The third-order valence-corrected chi connectivity index (χ3v) is 7.46. The monoisotopic (exact) mass is 506 g/mol. The molecule has 3 aliphatic heterocycles. The lowest BCUT2D eigenvalue weighted by Crippen LogP contribution is -2.54. The molecule has 1 unspecified atom stereocenters. The van der Waals surface area contributed by atoms with E-state index in [1.165, 1.54) is 12.1 Å². The normalized spacial score (nSPS) is 20.2. The number of hydrogen-bond acceptors (Lipinski definition) is 6. The Hall–Kier alpha value is -4.08. The predicted molar refractivity (Wildman–Crippen MR) is 132 cm³/mol. The van der Waals surface area contributed by atoms with Gasteiger partial charge in [-0.3, -0.25) is 34.2 Å². The number of carbonyl (C=O) groups excluding carboxylic acids is 5. The molecule has 192 valence electrons. The number of piperidine rings is 2. The van der Waals surface area contributed by atoms with Crippen LogP contribution in [0.3, 0.4) is 0 Å². The predicted octanol–water partition coefficient (Wildman–Crippen LogP) is 2.18. The third-order valence-electron chi connectivity index (χ3n) is 7.46. The average Bonchev–Trinajstić information content (AvgIpc) is 3.14. The summed E-state index contributed by atoms with van der Waals surface area (Å²) in [4.78, 5) is 65.9. The van der Waals surface area contributed by atoms with E-state index < -0.39 is 35.5 Å². The number of carbonyl (C=O) groups is 5. The van der Waals surface area contributed by atoms with Gasteiger partial charge in [0, 0.05) is 31.6 Å². The topological polar surface area (TPSA) is 116 Å². The third kappa shape index (κ3) is 4.47. The van der Waals surface area contributed by atoms with Gasteiger partial charge in [-0.25, -0.2) is 4.39 Å². The van der Waals surface area contributed by atoms with Crippen LogP contribution in [-0.2, 0) is 9.59 Å². The molecule has 5 rings (SSSR count). The van der Waals surface area contributed by atoms with Crippen molar-refractivity contribution in [3.05, 3.63) is 64.5 Å². The molecule has 2 saturated heterocycles. The molecule has 1 atom stereocenters. The zero-order valence-corrected chi connectivity index (χ0v) is 20.4. The molecule has 3 heterocycles. The summed E-state index contributed by atoms with van der Waals surface area (Å²) < 4.78 is 13.8. The highest BCUT2D eigenvalue weighted by Gasteiger charge is 2.46. The number of rotatable bonds is 5. The first kappa shape index (κ1) is 24.6. The zero-order chi connectivity index (χ0) is 26.3. The second kappa shape index (κ2) is 9.76. The molecule has 3 aliphatic rings.